The second-order valence-electron chi connectivity index (χ2n) is 7.90. The van der Waals surface area contributed by atoms with Gasteiger partial charge in [0.05, 0.1) is 17.7 Å². The van der Waals surface area contributed by atoms with Crippen molar-refractivity contribution in [2.75, 3.05) is 27.2 Å². The van der Waals surface area contributed by atoms with Crippen LogP contribution < -0.4 is 4.74 Å². The molecule has 1 N–H and O–H groups in total. The number of carbonyl (C=O) groups is 2. The van der Waals surface area contributed by atoms with Crippen molar-refractivity contribution in [2.45, 2.75) is 26.0 Å². The minimum absolute atomic E-state index is 0.0413. The first kappa shape index (κ1) is 21.6. The topological polar surface area (TPSA) is 70.1 Å². The first-order valence-corrected chi connectivity index (χ1v) is 10.0. The first-order valence-electron chi connectivity index (χ1n) is 10.0. The number of aliphatic hydroxyl groups is 1. The highest BCUT2D eigenvalue weighted by Crippen LogP contribution is 2.39. The van der Waals surface area contributed by atoms with Crippen LogP contribution in [0.1, 0.15) is 31.0 Å². The molecule has 0 bridgehead atoms. The van der Waals surface area contributed by atoms with Gasteiger partial charge < -0.3 is 19.6 Å². The number of likely N-dealkylation sites (N-methyl/N-ethyl adjacent to an activating group) is 1. The van der Waals surface area contributed by atoms with Crippen molar-refractivity contribution in [1.29, 1.82) is 0 Å². The molecule has 6 heteroatoms. The van der Waals surface area contributed by atoms with Crippen molar-refractivity contribution in [3.05, 3.63) is 71.3 Å². The fourth-order valence-corrected chi connectivity index (χ4v) is 3.52. The standard InChI is InChI=1S/C24H28N2O4/c1-16(2)30-19-12-10-17(11-13-19)21-20(22(27)18-8-6-5-7-9-18)23(28)24(29)26(21)15-14-25(3)4/h5-13,16,21,27H,14-15H2,1-4H3. The van der Waals surface area contributed by atoms with E-state index in [0.29, 0.717) is 24.4 Å². The van der Waals surface area contributed by atoms with E-state index in [4.69, 9.17) is 4.74 Å². The van der Waals surface area contributed by atoms with Crippen LogP contribution in [0.4, 0.5) is 0 Å². The molecule has 0 saturated carbocycles. The summed E-state index contributed by atoms with van der Waals surface area (Å²) >= 11 is 0. The van der Waals surface area contributed by atoms with Gasteiger partial charge in [-0.05, 0) is 45.6 Å². The number of Topliss-reactive ketones (excluding diaryl/α,β-unsaturated/α-hetero) is 1. The summed E-state index contributed by atoms with van der Waals surface area (Å²) in [5.74, 6) is -0.708. The van der Waals surface area contributed by atoms with Gasteiger partial charge in [0.1, 0.15) is 11.5 Å². The third-order valence-electron chi connectivity index (χ3n) is 4.94. The van der Waals surface area contributed by atoms with E-state index in [-0.39, 0.29) is 17.4 Å². The molecule has 1 heterocycles. The molecule has 1 aliphatic heterocycles. The van der Waals surface area contributed by atoms with Crippen LogP contribution in [0.3, 0.4) is 0 Å². The summed E-state index contributed by atoms with van der Waals surface area (Å²) in [7, 11) is 3.82. The Morgan fingerprint density at radius 1 is 1.07 bits per heavy atom. The Morgan fingerprint density at radius 3 is 2.27 bits per heavy atom. The van der Waals surface area contributed by atoms with Gasteiger partial charge in [0.15, 0.2) is 0 Å². The van der Waals surface area contributed by atoms with Gasteiger partial charge in [-0.25, -0.2) is 0 Å². The van der Waals surface area contributed by atoms with Crippen LogP contribution in [-0.4, -0.2) is 59.9 Å². The number of aliphatic hydroxyl groups excluding tert-OH is 1. The summed E-state index contributed by atoms with van der Waals surface area (Å²) in [4.78, 5) is 29.3. The summed E-state index contributed by atoms with van der Waals surface area (Å²) in [5, 5.41) is 11.0. The van der Waals surface area contributed by atoms with E-state index in [1.165, 1.54) is 4.90 Å². The average Bonchev–Trinajstić information content (AvgIpc) is 2.97. The summed E-state index contributed by atoms with van der Waals surface area (Å²) in [6.07, 6.45) is 0.0413. The van der Waals surface area contributed by atoms with Gasteiger partial charge in [-0.1, -0.05) is 42.5 Å². The number of hydrogen-bond donors (Lipinski definition) is 1. The molecule has 1 amide bonds. The van der Waals surface area contributed by atoms with Gasteiger partial charge in [-0.15, -0.1) is 0 Å². The Balaban J connectivity index is 2.07. The maximum absolute atomic E-state index is 12.9. The summed E-state index contributed by atoms with van der Waals surface area (Å²) in [5.41, 5.74) is 1.37. The second-order valence-corrected chi connectivity index (χ2v) is 7.90. The van der Waals surface area contributed by atoms with E-state index in [0.717, 1.165) is 5.56 Å². The number of ether oxygens (including phenoxy) is 1. The van der Waals surface area contributed by atoms with Crippen LogP contribution in [-0.2, 0) is 9.59 Å². The van der Waals surface area contributed by atoms with E-state index >= 15 is 0 Å². The number of benzene rings is 2. The summed E-state index contributed by atoms with van der Waals surface area (Å²) < 4.78 is 5.71. The molecule has 2 aromatic carbocycles. The first-order chi connectivity index (χ1) is 14.3. The Labute approximate surface area is 177 Å². The molecule has 0 radical (unpaired) electrons. The van der Waals surface area contributed by atoms with Crippen LogP contribution in [0.2, 0.25) is 0 Å². The van der Waals surface area contributed by atoms with Crippen LogP contribution in [0, 0.1) is 0 Å². The largest absolute Gasteiger partial charge is 0.507 e. The third-order valence-corrected chi connectivity index (χ3v) is 4.94. The molecule has 158 valence electrons. The highest BCUT2D eigenvalue weighted by atomic mass is 16.5. The predicted octanol–water partition coefficient (Wildman–Crippen LogP) is 3.46. The molecule has 1 aliphatic rings. The molecule has 1 saturated heterocycles. The minimum Gasteiger partial charge on any atom is -0.507 e. The fourth-order valence-electron chi connectivity index (χ4n) is 3.52. The van der Waals surface area contributed by atoms with Gasteiger partial charge in [-0.3, -0.25) is 9.59 Å². The number of hydrogen-bond acceptors (Lipinski definition) is 5. The molecule has 6 nitrogen and oxygen atoms in total. The molecule has 3 rings (SSSR count). The number of amides is 1. The number of nitrogens with zero attached hydrogens (tertiary/aromatic N) is 2. The van der Waals surface area contributed by atoms with E-state index < -0.39 is 17.7 Å². The smallest absolute Gasteiger partial charge is 0.295 e. The lowest BCUT2D eigenvalue weighted by Crippen LogP contribution is -2.35. The van der Waals surface area contributed by atoms with E-state index in [1.807, 2.05) is 63.2 Å². The number of rotatable bonds is 7. The highest BCUT2D eigenvalue weighted by Gasteiger charge is 2.45. The van der Waals surface area contributed by atoms with E-state index in [9.17, 15) is 14.7 Å². The molecule has 2 aromatic rings. The van der Waals surface area contributed by atoms with Crippen molar-refractivity contribution < 1.29 is 19.4 Å². The normalized spacial score (nSPS) is 18.5. The molecular weight excluding hydrogens is 380 g/mol. The third kappa shape index (κ3) is 4.54. The number of likely N-dealkylation sites (tertiary alicyclic amines) is 1. The van der Waals surface area contributed by atoms with Gasteiger partial charge >= 0.3 is 0 Å². The van der Waals surface area contributed by atoms with Crippen LogP contribution in [0.5, 0.6) is 5.75 Å². The fraction of sp³-hybridized carbons (Fsp3) is 0.333. The van der Waals surface area contributed by atoms with Crippen molar-refractivity contribution in [3.8, 4) is 5.75 Å². The van der Waals surface area contributed by atoms with E-state index in [1.54, 1.807) is 24.3 Å². The maximum Gasteiger partial charge on any atom is 0.295 e. The van der Waals surface area contributed by atoms with E-state index in [2.05, 4.69) is 0 Å². The maximum atomic E-state index is 12.9. The molecule has 0 aliphatic carbocycles. The monoisotopic (exact) mass is 408 g/mol. The number of ketones is 1. The SMILES string of the molecule is CC(C)Oc1ccc(C2C(=C(O)c3ccccc3)C(=O)C(=O)N2CCN(C)C)cc1. The number of carbonyl (C=O) groups excluding carboxylic acids is 2. The molecular formula is C24H28N2O4. The zero-order valence-corrected chi connectivity index (χ0v) is 17.8. The Morgan fingerprint density at radius 2 is 1.70 bits per heavy atom. The van der Waals surface area contributed by atoms with Crippen LogP contribution in [0.15, 0.2) is 60.2 Å². The zero-order chi connectivity index (χ0) is 21.8. The Kier molecular flexibility index (Phi) is 6.57. The van der Waals surface area contributed by atoms with Crippen molar-refractivity contribution in [2.24, 2.45) is 0 Å². The second kappa shape index (κ2) is 9.13. The molecule has 1 fully saturated rings. The minimum atomic E-state index is -0.664. The lowest BCUT2D eigenvalue weighted by atomic mass is 9.95. The summed E-state index contributed by atoms with van der Waals surface area (Å²) in [6.45, 7) is 4.87. The van der Waals surface area contributed by atoms with Gasteiger partial charge in [0.2, 0.25) is 0 Å². The lowest BCUT2D eigenvalue weighted by Gasteiger charge is -2.26. The molecule has 0 aromatic heterocycles. The molecule has 30 heavy (non-hydrogen) atoms. The van der Waals surface area contributed by atoms with Crippen LogP contribution in [0.25, 0.3) is 5.76 Å². The average molecular weight is 408 g/mol. The van der Waals surface area contributed by atoms with Crippen molar-refractivity contribution >= 4 is 17.4 Å². The highest BCUT2D eigenvalue weighted by molar-refractivity contribution is 6.46. The predicted molar refractivity (Wildman–Crippen MR) is 116 cm³/mol. The van der Waals surface area contributed by atoms with Crippen molar-refractivity contribution in [1.82, 2.24) is 9.80 Å². The lowest BCUT2D eigenvalue weighted by molar-refractivity contribution is -0.140. The zero-order valence-electron chi connectivity index (χ0n) is 17.8. The van der Waals surface area contributed by atoms with Gasteiger partial charge in [0.25, 0.3) is 11.7 Å². The summed E-state index contributed by atoms with van der Waals surface area (Å²) in [6, 6.07) is 15.5. The van der Waals surface area contributed by atoms with Crippen LogP contribution >= 0.6 is 0 Å². The molecule has 1 unspecified atom stereocenters. The van der Waals surface area contributed by atoms with Crippen molar-refractivity contribution in [3.63, 3.8) is 0 Å². The quantitative estimate of drug-likeness (QED) is 0.432. The molecule has 1 atom stereocenters. The molecule has 0 spiro atoms. The van der Waals surface area contributed by atoms with Gasteiger partial charge in [0, 0.05) is 18.7 Å². The Bertz CT molecular complexity index is 933. The Hall–Kier alpha value is -3.12. The van der Waals surface area contributed by atoms with Gasteiger partial charge in [-0.2, -0.15) is 0 Å².